The molecule has 2 amide bonds. The number of hydrogen-bond acceptors (Lipinski definition) is 6. The van der Waals surface area contributed by atoms with Crippen molar-refractivity contribution in [3.63, 3.8) is 0 Å². The number of rotatable bonds is 8. The van der Waals surface area contributed by atoms with Gasteiger partial charge in [-0.15, -0.1) is 0 Å². The molecule has 3 aromatic rings. The third-order valence-electron chi connectivity index (χ3n) is 5.63. The first-order chi connectivity index (χ1) is 16.0. The van der Waals surface area contributed by atoms with E-state index in [1.165, 1.54) is 0 Å². The van der Waals surface area contributed by atoms with E-state index in [2.05, 4.69) is 27.8 Å². The Hall–Kier alpha value is -4.14. The second kappa shape index (κ2) is 9.56. The lowest BCUT2D eigenvalue weighted by Crippen LogP contribution is -2.46. The van der Waals surface area contributed by atoms with Gasteiger partial charge in [0.05, 0.1) is 6.54 Å². The molecule has 0 bridgehead atoms. The SMILES string of the molecule is CCC(NC(=O)OCC1c2ccccc2-c2ccccc21)C(=O)NCc1ocnc1C(=O)O. The predicted octanol–water partition coefficient (Wildman–Crippen LogP) is 3.31. The van der Waals surface area contributed by atoms with Crippen LogP contribution in [0.3, 0.4) is 0 Å². The molecule has 0 aliphatic heterocycles. The molecule has 0 saturated heterocycles. The molecule has 0 radical (unpaired) electrons. The number of nitrogens with zero attached hydrogens (tertiary/aromatic N) is 1. The first-order valence-corrected chi connectivity index (χ1v) is 10.5. The number of amides is 2. The first-order valence-electron chi connectivity index (χ1n) is 10.5. The van der Waals surface area contributed by atoms with Crippen molar-refractivity contribution in [3.8, 4) is 11.1 Å². The number of ether oxygens (including phenoxy) is 1. The highest BCUT2D eigenvalue weighted by atomic mass is 16.5. The van der Waals surface area contributed by atoms with E-state index in [1.54, 1.807) is 6.92 Å². The van der Waals surface area contributed by atoms with Gasteiger partial charge in [0.25, 0.3) is 0 Å². The van der Waals surface area contributed by atoms with E-state index in [-0.39, 0.29) is 30.5 Å². The van der Waals surface area contributed by atoms with Gasteiger partial charge in [-0.25, -0.2) is 14.6 Å². The second-order valence-electron chi connectivity index (χ2n) is 7.58. The highest BCUT2D eigenvalue weighted by molar-refractivity contribution is 5.87. The Balaban J connectivity index is 1.34. The average molecular weight is 449 g/mol. The number of oxazole rings is 1. The lowest BCUT2D eigenvalue weighted by Gasteiger charge is -2.18. The third-order valence-corrected chi connectivity index (χ3v) is 5.63. The predicted molar refractivity (Wildman–Crippen MR) is 118 cm³/mol. The third kappa shape index (κ3) is 4.57. The Kier molecular flexibility index (Phi) is 6.39. The quantitative estimate of drug-likeness (QED) is 0.481. The first kappa shape index (κ1) is 22.1. The van der Waals surface area contributed by atoms with E-state index >= 15 is 0 Å². The zero-order chi connectivity index (χ0) is 23.4. The highest BCUT2D eigenvalue weighted by Gasteiger charge is 2.29. The molecule has 1 aliphatic rings. The number of hydrogen-bond donors (Lipinski definition) is 3. The molecular weight excluding hydrogens is 426 g/mol. The van der Waals surface area contributed by atoms with Gasteiger partial charge in [0.1, 0.15) is 12.6 Å². The fraction of sp³-hybridized carbons (Fsp3) is 0.250. The normalized spacial score (nSPS) is 13.0. The smallest absolute Gasteiger partial charge is 0.407 e. The Bertz CT molecular complexity index is 1140. The van der Waals surface area contributed by atoms with Gasteiger partial charge in [-0.3, -0.25) is 4.79 Å². The van der Waals surface area contributed by atoms with E-state index in [9.17, 15) is 14.4 Å². The summed E-state index contributed by atoms with van der Waals surface area (Å²) in [6.07, 6.45) is 0.611. The molecule has 3 N–H and O–H groups in total. The van der Waals surface area contributed by atoms with Gasteiger partial charge in [0.2, 0.25) is 5.91 Å². The van der Waals surface area contributed by atoms with Crippen LogP contribution in [0.5, 0.6) is 0 Å². The van der Waals surface area contributed by atoms with Crippen molar-refractivity contribution in [1.29, 1.82) is 0 Å². The second-order valence-corrected chi connectivity index (χ2v) is 7.58. The molecule has 1 heterocycles. The molecule has 4 rings (SSSR count). The summed E-state index contributed by atoms with van der Waals surface area (Å²) in [6, 6.07) is 15.2. The molecule has 0 saturated carbocycles. The summed E-state index contributed by atoms with van der Waals surface area (Å²) in [5, 5.41) is 14.2. The van der Waals surface area contributed by atoms with Crippen LogP contribution in [0, 0.1) is 0 Å². The minimum atomic E-state index is -1.25. The van der Waals surface area contributed by atoms with Gasteiger partial charge >= 0.3 is 12.1 Å². The van der Waals surface area contributed by atoms with Crippen molar-refractivity contribution in [3.05, 3.63) is 77.5 Å². The largest absolute Gasteiger partial charge is 0.476 e. The van der Waals surface area contributed by atoms with Gasteiger partial charge < -0.3 is 24.9 Å². The van der Waals surface area contributed by atoms with E-state index in [1.807, 2.05) is 36.4 Å². The van der Waals surface area contributed by atoms with Gasteiger partial charge in [0, 0.05) is 5.92 Å². The average Bonchev–Trinajstić information content (AvgIpc) is 3.42. The Labute approximate surface area is 189 Å². The van der Waals surface area contributed by atoms with Gasteiger partial charge in [0.15, 0.2) is 17.8 Å². The van der Waals surface area contributed by atoms with Crippen molar-refractivity contribution >= 4 is 18.0 Å². The number of benzene rings is 2. The zero-order valence-electron chi connectivity index (χ0n) is 17.9. The van der Waals surface area contributed by atoms with Gasteiger partial charge in [-0.2, -0.15) is 0 Å². The fourth-order valence-corrected chi connectivity index (χ4v) is 4.00. The van der Waals surface area contributed by atoms with Gasteiger partial charge in [-0.1, -0.05) is 55.5 Å². The Morgan fingerprint density at radius 1 is 1.09 bits per heavy atom. The van der Waals surface area contributed by atoms with Crippen molar-refractivity contribution in [2.45, 2.75) is 31.8 Å². The molecule has 1 atom stereocenters. The molecule has 170 valence electrons. The maximum atomic E-state index is 12.5. The van der Waals surface area contributed by atoms with Crippen LogP contribution in [-0.4, -0.2) is 40.7 Å². The van der Waals surface area contributed by atoms with E-state index in [4.69, 9.17) is 14.3 Å². The lowest BCUT2D eigenvalue weighted by molar-refractivity contribution is -0.123. The molecule has 2 aromatic carbocycles. The molecule has 9 nitrogen and oxygen atoms in total. The van der Waals surface area contributed by atoms with E-state index in [0.29, 0.717) is 6.42 Å². The van der Waals surface area contributed by atoms with Crippen LogP contribution < -0.4 is 10.6 Å². The zero-order valence-corrected chi connectivity index (χ0v) is 17.9. The minimum Gasteiger partial charge on any atom is -0.476 e. The summed E-state index contributed by atoms with van der Waals surface area (Å²) in [5.41, 5.74) is 4.17. The van der Waals surface area contributed by atoms with Gasteiger partial charge in [-0.05, 0) is 28.7 Å². The summed E-state index contributed by atoms with van der Waals surface area (Å²) in [6.45, 7) is 1.71. The van der Waals surface area contributed by atoms with Crippen LogP contribution in [0.4, 0.5) is 4.79 Å². The van der Waals surface area contributed by atoms with Crippen LogP contribution >= 0.6 is 0 Å². The summed E-state index contributed by atoms with van der Waals surface area (Å²) < 4.78 is 10.5. The van der Waals surface area contributed by atoms with Crippen LogP contribution in [0.25, 0.3) is 11.1 Å². The summed E-state index contributed by atoms with van der Waals surface area (Å²) in [4.78, 5) is 39.6. The summed E-state index contributed by atoms with van der Waals surface area (Å²) in [7, 11) is 0. The molecule has 33 heavy (non-hydrogen) atoms. The Morgan fingerprint density at radius 2 is 1.73 bits per heavy atom. The van der Waals surface area contributed by atoms with Crippen molar-refractivity contribution in [2.75, 3.05) is 6.61 Å². The number of carbonyl (C=O) groups excluding carboxylic acids is 2. The summed E-state index contributed by atoms with van der Waals surface area (Å²) in [5.74, 6) is -1.81. The van der Waals surface area contributed by atoms with Crippen LogP contribution in [-0.2, 0) is 16.1 Å². The number of nitrogens with one attached hydrogen (secondary N) is 2. The molecular formula is C24H23N3O6. The van der Waals surface area contributed by atoms with E-state index < -0.39 is 24.0 Å². The molecule has 9 heteroatoms. The highest BCUT2D eigenvalue weighted by Crippen LogP contribution is 2.44. The standard InChI is InChI=1S/C24H23N3O6/c1-2-19(22(28)25-11-20-21(23(29)30)26-13-33-20)27-24(31)32-12-18-16-9-5-3-7-14(16)15-8-4-6-10-17(15)18/h3-10,13,18-19H,2,11-12H2,1H3,(H,25,28)(H,27,31)(H,29,30). The fourth-order valence-electron chi connectivity index (χ4n) is 4.00. The number of aromatic nitrogens is 1. The van der Waals surface area contributed by atoms with Crippen molar-refractivity contribution in [1.82, 2.24) is 15.6 Å². The van der Waals surface area contributed by atoms with Crippen LogP contribution in [0.15, 0.2) is 59.3 Å². The topological polar surface area (TPSA) is 131 Å². The van der Waals surface area contributed by atoms with Crippen molar-refractivity contribution < 1.29 is 28.6 Å². The van der Waals surface area contributed by atoms with Crippen molar-refractivity contribution in [2.24, 2.45) is 0 Å². The number of carbonyl (C=O) groups is 3. The number of carboxylic acids is 1. The molecule has 0 fully saturated rings. The number of carboxylic acid groups (broad SMARTS) is 1. The number of fused-ring (bicyclic) bond motifs is 3. The number of aromatic carboxylic acids is 1. The maximum Gasteiger partial charge on any atom is 0.407 e. The maximum absolute atomic E-state index is 12.5. The van der Waals surface area contributed by atoms with E-state index in [0.717, 1.165) is 28.6 Å². The monoisotopic (exact) mass is 449 g/mol. The lowest BCUT2D eigenvalue weighted by atomic mass is 9.98. The molecule has 1 unspecified atom stereocenters. The molecule has 1 aliphatic carbocycles. The molecule has 0 spiro atoms. The van der Waals surface area contributed by atoms with Crippen LogP contribution in [0.1, 0.15) is 46.6 Å². The van der Waals surface area contributed by atoms with Crippen LogP contribution in [0.2, 0.25) is 0 Å². The minimum absolute atomic E-state index is 0.0202. The number of alkyl carbamates (subject to hydrolysis) is 1. The summed E-state index contributed by atoms with van der Waals surface area (Å²) >= 11 is 0. The Morgan fingerprint density at radius 3 is 2.33 bits per heavy atom. The molecule has 1 aromatic heterocycles.